The molecular weight excluding hydrogens is 234 g/mol. The van der Waals surface area contributed by atoms with Gasteiger partial charge in [-0.15, -0.1) is 23.1 Å². The normalized spacial score (nSPS) is 15.9. The quantitative estimate of drug-likeness (QED) is 0.875. The van der Waals surface area contributed by atoms with Crippen molar-refractivity contribution >= 4 is 34.7 Å². The van der Waals surface area contributed by atoms with Crippen LogP contribution in [0.1, 0.15) is 30.9 Å². The van der Waals surface area contributed by atoms with Gasteiger partial charge in [-0.05, 0) is 24.3 Å². The Hall–Kier alpha value is 0.300. The van der Waals surface area contributed by atoms with Crippen LogP contribution in [0.5, 0.6) is 0 Å². The third-order valence-electron chi connectivity index (χ3n) is 1.77. The minimum absolute atomic E-state index is 0.164. The number of rotatable bonds is 4. The summed E-state index contributed by atoms with van der Waals surface area (Å²) in [5, 5.41) is 0.958. The summed E-state index contributed by atoms with van der Waals surface area (Å²) < 4.78 is 0.843. The zero-order valence-corrected chi connectivity index (χ0v) is 11.0. The van der Waals surface area contributed by atoms with Crippen LogP contribution < -0.4 is 5.73 Å². The summed E-state index contributed by atoms with van der Waals surface area (Å²) in [5.74, 6) is 0. The van der Waals surface area contributed by atoms with Crippen molar-refractivity contribution < 1.29 is 0 Å². The molecule has 0 aromatic carbocycles. The number of thiophene rings is 1. The highest BCUT2D eigenvalue weighted by Gasteiger charge is 2.19. The van der Waals surface area contributed by atoms with E-state index in [4.69, 9.17) is 17.3 Å². The summed E-state index contributed by atoms with van der Waals surface area (Å²) in [4.78, 5) is 1.28. The summed E-state index contributed by atoms with van der Waals surface area (Å²) in [6.07, 6.45) is 0. The van der Waals surface area contributed by atoms with Crippen LogP contribution in [0.2, 0.25) is 4.34 Å². The van der Waals surface area contributed by atoms with Crippen LogP contribution in [0.4, 0.5) is 0 Å². The zero-order valence-electron chi connectivity index (χ0n) is 8.66. The monoisotopic (exact) mass is 249 g/mol. The average molecular weight is 250 g/mol. The van der Waals surface area contributed by atoms with Crippen molar-refractivity contribution in [2.45, 2.75) is 37.3 Å². The maximum Gasteiger partial charge on any atom is 0.0931 e. The Kier molecular flexibility index (Phi) is 4.77. The molecule has 1 heterocycles. The number of hydrogen-bond donors (Lipinski definition) is 1. The molecule has 0 saturated carbocycles. The van der Waals surface area contributed by atoms with Gasteiger partial charge in [0.05, 0.1) is 9.59 Å². The SMILES string of the molecule is CC(C)SC(c1ccc(Cl)s1)C(C)N. The Balaban J connectivity index is 2.77. The van der Waals surface area contributed by atoms with Crippen molar-refractivity contribution in [3.05, 3.63) is 21.3 Å². The van der Waals surface area contributed by atoms with Crippen LogP contribution in [0.15, 0.2) is 12.1 Å². The molecule has 0 aliphatic carbocycles. The van der Waals surface area contributed by atoms with Crippen molar-refractivity contribution in [2.24, 2.45) is 5.73 Å². The third kappa shape index (κ3) is 3.46. The van der Waals surface area contributed by atoms with Crippen molar-refractivity contribution in [3.63, 3.8) is 0 Å². The van der Waals surface area contributed by atoms with Crippen molar-refractivity contribution in [1.29, 1.82) is 0 Å². The van der Waals surface area contributed by atoms with Gasteiger partial charge in [-0.3, -0.25) is 0 Å². The first-order valence-corrected chi connectivity index (χ1v) is 6.80. The van der Waals surface area contributed by atoms with Gasteiger partial charge in [0.2, 0.25) is 0 Å². The molecule has 2 unspecified atom stereocenters. The summed E-state index contributed by atoms with van der Waals surface area (Å²) in [5.41, 5.74) is 5.97. The maximum atomic E-state index is 5.97. The molecule has 0 saturated heterocycles. The van der Waals surface area contributed by atoms with E-state index in [9.17, 15) is 0 Å². The Labute approximate surface area is 99.0 Å². The van der Waals surface area contributed by atoms with E-state index < -0.39 is 0 Å². The van der Waals surface area contributed by atoms with Crippen molar-refractivity contribution in [2.75, 3.05) is 0 Å². The van der Waals surface area contributed by atoms with E-state index in [1.165, 1.54) is 4.88 Å². The molecular formula is C10H16ClNS2. The van der Waals surface area contributed by atoms with E-state index in [2.05, 4.69) is 19.9 Å². The first-order valence-electron chi connectivity index (χ1n) is 4.67. The predicted molar refractivity (Wildman–Crippen MR) is 68.4 cm³/mol. The highest BCUT2D eigenvalue weighted by atomic mass is 35.5. The Morgan fingerprint density at radius 3 is 2.36 bits per heavy atom. The van der Waals surface area contributed by atoms with Gasteiger partial charge < -0.3 is 5.73 Å². The van der Waals surface area contributed by atoms with Gasteiger partial charge in [0.15, 0.2) is 0 Å². The highest BCUT2D eigenvalue weighted by molar-refractivity contribution is 8.00. The van der Waals surface area contributed by atoms with E-state index in [0.29, 0.717) is 10.5 Å². The van der Waals surface area contributed by atoms with Crippen LogP contribution in [0.25, 0.3) is 0 Å². The lowest BCUT2D eigenvalue weighted by Gasteiger charge is -2.20. The molecule has 1 rings (SSSR count). The molecule has 0 spiro atoms. The minimum Gasteiger partial charge on any atom is -0.327 e. The van der Waals surface area contributed by atoms with E-state index in [1.807, 2.05) is 24.8 Å². The number of nitrogens with two attached hydrogens (primary N) is 1. The third-order valence-corrected chi connectivity index (χ3v) is 4.75. The van der Waals surface area contributed by atoms with Crippen LogP contribution >= 0.6 is 34.7 Å². The van der Waals surface area contributed by atoms with Gasteiger partial charge in [-0.25, -0.2) is 0 Å². The molecule has 0 aliphatic heterocycles. The topological polar surface area (TPSA) is 26.0 Å². The Morgan fingerprint density at radius 2 is 2.00 bits per heavy atom. The molecule has 0 aliphatic rings. The molecule has 2 atom stereocenters. The van der Waals surface area contributed by atoms with E-state index >= 15 is 0 Å². The summed E-state index contributed by atoms with van der Waals surface area (Å²) >= 11 is 9.45. The molecule has 14 heavy (non-hydrogen) atoms. The first-order chi connectivity index (χ1) is 6.50. The lowest BCUT2D eigenvalue weighted by molar-refractivity contribution is 0.727. The van der Waals surface area contributed by atoms with Gasteiger partial charge in [0, 0.05) is 10.9 Å². The van der Waals surface area contributed by atoms with Crippen LogP contribution in [-0.4, -0.2) is 11.3 Å². The number of hydrogen-bond acceptors (Lipinski definition) is 3. The fraction of sp³-hybridized carbons (Fsp3) is 0.600. The molecule has 0 bridgehead atoms. The predicted octanol–water partition coefficient (Wildman–Crippen LogP) is 3.93. The second-order valence-corrected chi connectivity index (χ2v) is 7.08. The fourth-order valence-corrected chi connectivity index (χ4v) is 3.74. The molecule has 2 N–H and O–H groups in total. The highest BCUT2D eigenvalue weighted by Crippen LogP contribution is 2.39. The van der Waals surface area contributed by atoms with Crippen LogP contribution in [0, 0.1) is 0 Å². The number of thioether (sulfide) groups is 1. The van der Waals surface area contributed by atoms with Gasteiger partial charge in [-0.2, -0.15) is 0 Å². The van der Waals surface area contributed by atoms with Gasteiger partial charge in [0.25, 0.3) is 0 Å². The minimum atomic E-state index is 0.164. The average Bonchev–Trinajstić information content (AvgIpc) is 2.46. The molecule has 4 heteroatoms. The largest absolute Gasteiger partial charge is 0.327 e. The lowest BCUT2D eigenvalue weighted by atomic mass is 10.2. The second-order valence-electron chi connectivity index (χ2n) is 3.61. The lowest BCUT2D eigenvalue weighted by Crippen LogP contribution is -2.23. The van der Waals surface area contributed by atoms with Gasteiger partial charge in [0.1, 0.15) is 0 Å². The molecule has 0 radical (unpaired) electrons. The number of halogens is 1. The maximum absolute atomic E-state index is 5.97. The standard InChI is InChI=1S/C10H16ClNS2/c1-6(2)13-10(7(3)12)8-4-5-9(11)14-8/h4-7,10H,12H2,1-3H3. The summed E-state index contributed by atoms with van der Waals surface area (Å²) in [7, 11) is 0. The molecule has 0 amide bonds. The van der Waals surface area contributed by atoms with E-state index in [0.717, 1.165) is 4.34 Å². The first kappa shape index (κ1) is 12.4. The molecule has 1 aromatic rings. The molecule has 1 nitrogen and oxygen atoms in total. The van der Waals surface area contributed by atoms with Gasteiger partial charge in [-0.1, -0.05) is 25.4 Å². The van der Waals surface area contributed by atoms with Crippen molar-refractivity contribution in [1.82, 2.24) is 0 Å². The van der Waals surface area contributed by atoms with Crippen LogP contribution in [0.3, 0.4) is 0 Å². The van der Waals surface area contributed by atoms with E-state index in [1.54, 1.807) is 11.3 Å². The van der Waals surface area contributed by atoms with Crippen LogP contribution in [-0.2, 0) is 0 Å². The zero-order chi connectivity index (χ0) is 10.7. The molecule has 1 aromatic heterocycles. The Bertz CT molecular complexity index is 283. The summed E-state index contributed by atoms with van der Waals surface area (Å²) in [6.45, 7) is 6.43. The Morgan fingerprint density at radius 1 is 1.36 bits per heavy atom. The molecule has 0 fully saturated rings. The van der Waals surface area contributed by atoms with Crippen molar-refractivity contribution in [3.8, 4) is 0 Å². The fourth-order valence-electron chi connectivity index (χ4n) is 1.22. The summed E-state index contributed by atoms with van der Waals surface area (Å²) in [6, 6.07) is 4.19. The van der Waals surface area contributed by atoms with E-state index in [-0.39, 0.29) is 6.04 Å². The van der Waals surface area contributed by atoms with Gasteiger partial charge >= 0.3 is 0 Å². The molecule has 80 valence electrons. The second kappa shape index (κ2) is 5.40. The smallest absolute Gasteiger partial charge is 0.0931 e.